The molecule has 2 rings (SSSR count). The van der Waals surface area contributed by atoms with Gasteiger partial charge in [-0.1, -0.05) is 5.16 Å². The van der Waals surface area contributed by atoms with E-state index in [4.69, 9.17) is 9.63 Å². The first-order valence-corrected chi connectivity index (χ1v) is 5.28. The summed E-state index contributed by atoms with van der Waals surface area (Å²) in [6, 6.07) is 3.61. The number of nitrogens with one attached hydrogen (secondary N) is 1. The SMILES string of the molecule is Cc1cnoc1C(=O)Nc1ccc(C(=O)O)cc1O. The van der Waals surface area contributed by atoms with Crippen LogP contribution in [-0.2, 0) is 0 Å². The van der Waals surface area contributed by atoms with E-state index in [1.54, 1.807) is 6.92 Å². The minimum absolute atomic E-state index is 0.0294. The Hall–Kier alpha value is -2.83. The van der Waals surface area contributed by atoms with E-state index < -0.39 is 11.9 Å². The van der Waals surface area contributed by atoms with E-state index in [1.165, 1.54) is 18.3 Å². The van der Waals surface area contributed by atoms with Crippen molar-refractivity contribution in [2.45, 2.75) is 6.92 Å². The summed E-state index contributed by atoms with van der Waals surface area (Å²) < 4.78 is 4.76. The van der Waals surface area contributed by atoms with Gasteiger partial charge in [-0.2, -0.15) is 0 Å². The number of carboxylic acid groups (broad SMARTS) is 1. The highest BCUT2D eigenvalue weighted by Gasteiger charge is 2.16. The summed E-state index contributed by atoms with van der Waals surface area (Å²) in [6.07, 6.45) is 1.39. The number of benzene rings is 1. The lowest BCUT2D eigenvalue weighted by Crippen LogP contribution is -2.12. The molecule has 0 saturated heterocycles. The van der Waals surface area contributed by atoms with Crippen molar-refractivity contribution in [3.8, 4) is 5.75 Å². The van der Waals surface area contributed by atoms with E-state index in [0.717, 1.165) is 6.07 Å². The lowest BCUT2D eigenvalue weighted by molar-refractivity contribution is 0.0696. The van der Waals surface area contributed by atoms with Crippen LogP contribution in [0, 0.1) is 6.92 Å². The lowest BCUT2D eigenvalue weighted by Gasteiger charge is -2.06. The van der Waals surface area contributed by atoms with Gasteiger partial charge in [0.2, 0.25) is 5.76 Å². The molecule has 1 aromatic heterocycles. The third kappa shape index (κ3) is 2.54. The van der Waals surface area contributed by atoms with Crippen molar-refractivity contribution in [3.63, 3.8) is 0 Å². The van der Waals surface area contributed by atoms with Crippen molar-refractivity contribution in [2.24, 2.45) is 0 Å². The van der Waals surface area contributed by atoms with Crippen LogP contribution in [0.5, 0.6) is 5.75 Å². The van der Waals surface area contributed by atoms with Gasteiger partial charge in [-0.15, -0.1) is 0 Å². The third-order valence-electron chi connectivity index (χ3n) is 2.45. The predicted octanol–water partition coefficient (Wildman–Crippen LogP) is 1.64. The molecule has 0 unspecified atom stereocenters. The van der Waals surface area contributed by atoms with Gasteiger partial charge in [0.15, 0.2) is 0 Å². The van der Waals surface area contributed by atoms with Gasteiger partial charge in [0, 0.05) is 5.56 Å². The monoisotopic (exact) mass is 262 g/mol. The number of carbonyl (C=O) groups is 2. The topological polar surface area (TPSA) is 113 Å². The number of phenols is 1. The fourth-order valence-corrected chi connectivity index (χ4v) is 1.46. The van der Waals surface area contributed by atoms with Gasteiger partial charge in [-0.05, 0) is 25.1 Å². The van der Waals surface area contributed by atoms with Crippen molar-refractivity contribution in [2.75, 3.05) is 5.32 Å². The highest BCUT2D eigenvalue weighted by Crippen LogP contribution is 2.25. The molecule has 0 aliphatic carbocycles. The van der Waals surface area contributed by atoms with Crippen LogP contribution < -0.4 is 5.32 Å². The molecule has 0 saturated carbocycles. The molecule has 0 fully saturated rings. The smallest absolute Gasteiger partial charge is 0.335 e. The molecule has 1 amide bonds. The van der Waals surface area contributed by atoms with Crippen molar-refractivity contribution in [3.05, 3.63) is 41.3 Å². The molecule has 7 nitrogen and oxygen atoms in total. The second-order valence-corrected chi connectivity index (χ2v) is 3.83. The number of anilines is 1. The largest absolute Gasteiger partial charge is 0.506 e. The summed E-state index contributed by atoms with van der Waals surface area (Å²) in [4.78, 5) is 22.5. The highest BCUT2D eigenvalue weighted by molar-refractivity contribution is 6.04. The molecular weight excluding hydrogens is 252 g/mol. The molecule has 1 heterocycles. The standard InChI is InChI=1S/C12H10N2O5/c1-6-5-13-19-10(6)11(16)14-8-3-2-7(12(17)18)4-9(8)15/h2-5,15H,1H3,(H,14,16)(H,17,18). The van der Waals surface area contributed by atoms with Gasteiger partial charge >= 0.3 is 5.97 Å². The molecular formula is C12H10N2O5. The van der Waals surface area contributed by atoms with E-state index in [-0.39, 0.29) is 22.8 Å². The molecule has 19 heavy (non-hydrogen) atoms. The van der Waals surface area contributed by atoms with Crippen molar-refractivity contribution in [1.82, 2.24) is 5.16 Å². The second kappa shape index (κ2) is 4.81. The maximum Gasteiger partial charge on any atom is 0.335 e. The number of nitrogens with zero attached hydrogens (tertiary/aromatic N) is 1. The minimum atomic E-state index is -1.17. The maximum atomic E-state index is 11.8. The lowest BCUT2D eigenvalue weighted by atomic mass is 10.2. The van der Waals surface area contributed by atoms with Crippen LogP contribution in [0.25, 0.3) is 0 Å². The summed E-state index contributed by atoms with van der Waals surface area (Å²) in [7, 11) is 0. The molecule has 0 atom stereocenters. The Morgan fingerprint density at radius 3 is 2.63 bits per heavy atom. The number of amides is 1. The minimum Gasteiger partial charge on any atom is -0.506 e. The predicted molar refractivity (Wildman–Crippen MR) is 64.3 cm³/mol. The average molecular weight is 262 g/mol. The molecule has 0 bridgehead atoms. The van der Waals surface area contributed by atoms with Crippen LogP contribution in [0.3, 0.4) is 0 Å². The van der Waals surface area contributed by atoms with Crippen LogP contribution in [0.2, 0.25) is 0 Å². The number of carbonyl (C=O) groups excluding carboxylic acids is 1. The molecule has 0 aliphatic rings. The number of hydrogen-bond donors (Lipinski definition) is 3. The Morgan fingerprint density at radius 2 is 2.11 bits per heavy atom. The van der Waals surface area contributed by atoms with Crippen molar-refractivity contribution >= 4 is 17.6 Å². The first-order chi connectivity index (χ1) is 8.99. The van der Waals surface area contributed by atoms with Gasteiger partial charge in [-0.25, -0.2) is 4.79 Å². The van der Waals surface area contributed by atoms with Gasteiger partial charge in [-0.3, -0.25) is 4.79 Å². The molecule has 7 heteroatoms. The summed E-state index contributed by atoms with van der Waals surface area (Å²) >= 11 is 0. The molecule has 2 aromatic rings. The van der Waals surface area contributed by atoms with Gasteiger partial charge < -0.3 is 20.1 Å². The zero-order valence-corrected chi connectivity index (χ0v) is 9.88. The highest BCUT2D eigenvalue weighted by atomic mass is 16.5. The summed E-state index contributed by atoms with van der Waals surface area (Å²) in [5.74, 6) is -2.06. The zero-order chi connectivity index (χ0) is 14.0. The Labute approximate surface area is 107 Å². The number of rotatable bonds is 3. The zero-order valence-electron chi connectivity index (χ0n) is 9.88. The number of hydrogen-bond acceptors (Lipinski definition) is 5. The summed E-state index contributed by atoms with van der Waals surface area (Å²) in [5.41, 5.74) is 0.566. The fraction of sp³-hybridized carbons (Fsp3) is 0.0833. The first-order valence-electron chi connectivity index (χ1n) is 5.28. The number of phenolic OH excluding ortho intramolecular Hbond substituents is 1. The molecule has 0 spiro atoms. The Kier molecular flexibility index (Phi) is 3.19. The Balaban J connectivity index is 2.23. The number of aryl methyl sites for hydroxylation is 1. The van der Waals surface area contributed by atoms with Crippen LogP contribution in [0.15, 0.2) is 28.9 Å². The van der Waals surface area contributed by atoms with Crippen molar-refractivity contribution < 1.29 is 24.3 Å². The molecule has 0 aliphatic heterocycles. The van der Waals surface area contributed by atoms with E-state index in [9.17, 15) is 14.7 Å². The van der Waals surface area contributed by atoms with Gasteiger partial charge in [0.1, 0.15) is 5.75 Å². The Bertz CT molecular complexity index is 647. The van der Waals surface area contributed by atoms with Crippen LogP contribution in [-0.4, -0.2) is 27.2 Å². The number of carboxylic acids is 1. The fourth-order valence-electron chi connectivity index (χ4n) is 1.46. The molecule has 0 radical (unpaired) electrons. The van der Waals surface area contributed by atoms with E-state index in [1.807, 2.05) is 0 Å². The number of aromatic nitrogens is 1. The first kappa shape index (κ1) is 12.6. The summed E-state index contributed by atoms with van der Waals surface area (Å²) in [6.45, 7) is 1.65. The molecule has 1 aromatic carbocycles. The van der Waals surface area contributed by atoms with Crippen molar-refractivity contribution in [1.29, 1.82) is 0 Å². The Morgan fingerprint density at radius 1 is 1.37 bits per heavy atom. The van der Waals surface area contributed by atoms with Crippen LogP contribution in [0.4, 0.5) is 5.69 Å². The summed E-state index contributed by atoms with van der Waals surface area (Å²) in [5, 5.41) is 24.3. The third-order valence-corrected chi connectivity index (χ3v) is 2.45. The maximum absolute atomic E-state index is 11.8. The molecule has 98 valence electrons. The number of aromatic hydroxyl groups is 1. The number of aromatic carboxylic acids is 1. The van der Waals surface area contributed by atoms with E-state index in [0.29, 0.717) is 5.56 Å². The second-order valence-electron chi connectivity index (χ2n) is 3.83. The molecule has 3 N–H and O–H groups in total. The van der Waals surface area contributed by atoms with Gasteiger partial charge in [0.25, 0.3) is 5.91 Å². The van der Waals surface area contributed by atoms with Crippen LogP contribution >= 0.6 is 0 Å². The average Bonchev–Trinajstić information content (AvgIpc) is 2.77. The normalized spacial score (nSPS) is 10.2. The van der Waals surface area contributed by atoms with Crippen LogP contribution in [0.1, 0.15) is 26.5 Å². The van der Waals surface area contributed by atoms with Gasteiger partial charge in [0.05, 0.1) is 17.4 Å². The van der Waals surface area contributed by atoms with E-state index >= 15 is 0 Å². The quantitative estimate of drug-likeness (QED) is 0.725. The van der Waals surface area contributed by atoms with E-state index in [2.05, 4.69) is 10.5 Å².